The van der Waals surface area contributed by atoms with E-state index in [4.69, 9.17) is 5.11 Å². The zero-order chi connectivity index (χ0) is 16.0. The summed E-state index contributed by atoms with van der Waals surface area (Å²) in [5.41, 5.74) is 0. The van der Waals surface area contributed by atoms with Crippen molar-refractivity contribution in [1.82, 2.24) is 9.21 Å². The van der Waals surface area contributed by atoms with E-state index in [1.54, 1.807) is 18.9 Å². The van der Waals surface area contributed by atoms with Gasteiger partial charge in [-0.1, -0.05) is 0 Å². The number of piperidine rings is 1. The smallest absolute Gasteiger partial charge is 0.303 e. The number of nitrogens with zero attached hydrogens (tertiary/aromatic N) is 2. The van der Waals surface area contributed by atoms with Gasteiger partial charge in [-0.15, -0.1) is 0 Å². The summed E-state index contributed by atoms with van der Waals surface area (Å²) >= 11 is 0. The second-order valence-electron chi connectivity index (χ2n) is 5.33. The minimum Gasteiger partial charge on any atom is -0.481 e. The van der Waals surface area contributed by atoms with Crippen molar-refractivity contribution in [3.8, 4) is 0 Å². The maximum absolute atomic E-state index is 12.2. The molecule has 1 fully saturated rings. The van der Waals surface area contributed by atoms with Crippen molar-refractivity contribution < 1.29 is 23.1 Å². The first kappa shape index (κ1) is 17.9. The minimum absolute atomic E-state index is 0.0195. The molecule has 1 amide bonds. The highest BCUT2D eigenvalue weighted by Crippen LogP contribution is 2.21. The number of aliphatic carboxylic acids is 1. The average molecular weight is 320 g/mol. The maximum Gasteiger partial charge on any atom is 0.303 e. The van der Waals surface area contributed by atoms with Crippen LogP contribution in [0.4, 0.5) is 0 Å². The summed E-state index contributed by atoms with van der Waals surface area (Å²) in [5.74, 6) is -0.966. The Kier molecular flexibility index (Phi) is 6.60. The molecular weight excluding hydrogens is 296 g/mol. The molecule has 1 aliphatic heterocycles. The molecule has 0 spiro atoms. The highest BCUT2D eigenvalue weighted by atomic mass is 32.2. The van der Waals surface area contributed by atoms with E-state index in [2.05, 4.69) is 0 Å². The molecule has 1 aliphatic rings. The molecule has 1 N–H and O–H groups in total. The Bertz CT molecular complexity index is 469. The fourth-order valence-electron chi connectivity index (χ4n) is 2.45. The van der Waals surface area contributed by atoms with Crippen molar-refractivity contribution in [3.05, 3.63) is 0 Å². The Hall–Kier alpha value is -1.15. The van der Waals surface area contributed by atoms with Gasteiger partial charge in [0, 0.05) is 39.0 Å². The molecule has 1 rings (SSSR count). The second kappa shape index (κ2) is 7.74. The van der Waals surface area contributed by atoms with Crippen molar-refractivity contribution >= 4 is 21.9 Å². The van der Waals surface area contributed by atoms with Crippen LogP contribution in [-0.4, -0.2) is 67.0 Å². The van der Waals surface area contributed by atoms with Crippen molar-refractivity contribution in [1.29, 1.82) is 0 Å². The van der Waals surface area contributed by atoms with Crippen LogP contribution < -0.4 is 0 Å². The number of hydrogen-bond acceptors (Lipinski definition) is 4. The molecule has 0 atom stereocenters. The van der Waals surface area contributed by atoms with Crippen LogP contribution in [0.1, 0.15) is 32.6 Å². The summed E-state index contributed by atoms with van der Waals surface area (Å²) in [7, 11) is -1.51. The number of hydrogen-bond donors (Lipinski definition) is 1. The van der Waals surface area contributed by atoms with Gasteiger partial charge in [-0.3, -0.25) is 9.59 Å². The number of carboxylic acid groups (broad SMARTS) is 1. The Labute approximate surface area is 126 Å². The third-order valence-electron chi connectivity index (χ3n) is 3.82. The first-order valence-electron chi connectivity index (χ1n) is 7.22. The van der Waals surface area contributed by atoms with Crippen molar-refractivity contribution in [2.24, 2.45) is 5.92 Å². The monoisotopic (exact) mass is 320 g/mol. The molecule has 0 saturated carbocycles. The van der Waals surface area contributed by atoms with Crippen LogP contribution in [-0.2, 0) is 19.6 Å². The van der Waals surface area contributed by atoms with E-state index in [-0.39, 0.29) is 24.0 Å². The van der Waals surface area contributed by atoms with Crippen molar-refractivity contribution in [3.63, 3.8) is 0 Å². The lowest BCUT2D eigenvalue weighted by Crippen LogP contribution is -2.44. The Balaban J connectivity index is 2.43. The van der Waals surface area contributed by atoms with Crippen LogP contribution in [0.2, 0.25) is 0 Å². The van der Waals surface area contributed by atoms with Crippen molar-refractivity contribution in [2.75, 3.05) is 32.4 Å². The van der Waals surface area contributed by atoms with Crippen LogP contribution in [0.25, 0.3) is 0 Å². The molecule has 1 saturated heterocycles. The summed E-state index contributed by atoms with van der Waals surface area (Å²) < 4.78 is 24.9. The van der Waals surface area contributed by atoms with Gasteiger partial charge in [-0.25, -0.2) is 12.7 Å². The largest absolute Gasteiger partial charge is 0.481 e. The van der Waals surface area contributed by atoms with E-state index in [0.29, 0.717) is 38.9 Å². The Morgan fingerprint density at radius 1 is 1.29 bits per heavy atom. The fourth-order valence-corrected chi connectivity index (χ4v) is 3.59. The quantitative estimate of drug-likeness (QED) is 0.731. The number of amides is 1. The van der Waals surface area contributed by atoms with E-state index >= 15 is 0 Å². The molecule has 7 nitrogen and oxygen atoms in total. The van der Waals surface area contributed by atoms with E-state index < -0.39 is 16.0 Å². The highest BCUT2D eigenvalue weighted by Gasteiger charge is 2.31. The van der Waals surface area contributed by atoms with E-state index in [9.17, 15) is 18.0 Å². The van der Waals surface area contributed by atoms with Crippen molar-refractivity contribution in [2.45, 2.75) is 32.6 Å². The molecule has 0 aromatic rings. The van der Waals surface area contributed by atoms with E-state index in [1.807, 2.05) is 0 Å². The maximum atomic E-state index is 12.2. The predicted molar refractivity (Wildman–Crippen MR) is 78.3 cm³/mol. The Morgan fingerprint density at radius 3 is 2.33 bits per heavy atom. The molecule has 0 radical (unpaired) electrons. The van der Waals surface area contributed by atoms with Gasteiger partial charge in [0.25, 0.3) is 0 Å². The zero-order valence-electron chi connectivity index (χ0n) is 12.6. The molecule has 1 heterocycles. The number of carbonyl (C=O) groups is 2. The fraction of sp³-hybridized carbons (Fsp3) is 0.846. The van der Waals surface area contributed by atoms with Crippen LogP contribution >= 0.6 is 0 Å². The van der Waals surface area contributed by atoms with Gasteiger partial charge in [0.2, 0.25) is 15.9 Å². The first-order chi connectivity index (χ1) is 9.77. The summed E-state index contributed by atoms with van der Waals surface area (Å²) in [5, 5.41) is 8.58. The molecule has 122 valence electrons. The number of carboxylic acids is 1. The SMILES string of the molecule is CCS(=O)(=O)N1CCC(C(=O)N(C)CCCC(=O)O)CC1. The lowest BCUT2D eigenvalue weighted by Gasteiger charge is -2.32. The zero-order valence-corrected chi connectivity index (χ0v) is 13.4. The normalized spacial score (nSPS) is 17.6. The molecular formula is C13H24N2O5S. The third kappa shape index (κ3) is 5.28. The van der Waals surface area contributed by atoms with Crippen LogP contribution in [0.15, 0.2) is 0 Å². The van der Waals surface area contributed by atoms with Gasteiger partial charge in [0.05, 0.1) is 5.75 Å². The van der Waals surface area contributed by atoms with Gasteiger partial charge in [0.1, 0.15) is 0 Å². The number of sulfonamides is 1. The first-order valence-corrected chi connectivity index (χ1v) is 8.83. The summed E-state index contributed by atoms with van der Waals surface area (Å²) in [4.78, 5) is 24.2. The summed E-state index contributed by atoms with van der Waals surface area (Å²) in [6.07, 6.45) is 1.54. The molecule has 0 aromatic carbocycles. The van der Waals surface area contributed by atoms with Crippen LogP contribution in [0.3, 0.4) is 0 Å². The standard InChI is InChI=1S/C13H24N2O5S/c1-3-21(19,20)15-9-6-11(7-10-15)13(18)14(2)8-4-5-12(16)17/h11H,3-10H2,1-2H3,(H,16,17). The molecule has 0 aromatic heterocycles. The predicted octanol–water partition coefficient (Wildman–Crippen LogP) is 0.371. The second-order valence-corrected chi connectivity index (χ2v) is 7.59. The summed E-state index contributed by atoms with van der Waals surface area (Å²) in [6, 6.07) is 0. The lowest BCUT2D eigenvalue weighted by molar-refractivity contribution is -0.139. The lowest BCUT2D eigenvalue weighted by atomic mass is 9.96. The molecule has 21 heavy (non-hydrogen) atoms. The van der Waals surface area contributed by atoms with Gasteiger partial charge >= 0.3 is 5.97 Å². The average Bonchev–Trinajstić information content (AvgIpc) is 2.46. The van der Waals surface area contributed by atoms with Gasteiger partial charge in [0.15, 0.2) is 0 Å². The number of rotatable bonds is 7. The third-order valence-corrected chi connectivity index (χ3v) is 5.70. The topological polar surface area (TPSA) is 95.0 Å². The molecule has 0 unspecified atom stereocenters. The van der Waals surface area contributed by atoms with Gasteiger partial charge < -0.3 is 10.0 Å². The Morgan fingerprint density at radius 2 is 1.86 bits per heavy atom. The van der Waals surface area contributed by atoms with Gasteiger partial charge in [-0.05, 0) is 26.2 Å². The van der Waals surface area contributed by atoms with E-state index in [1.165, 1.54) is 4.31 Å². The summed E-state index contributed by atoms with van der Waals surface area (Å²) in [6.45, 7) is 2.80. The highest BCUT2D eigenvalue weighted by molar-refractivity contribution is 7.89. The minimum atomic E-state index is -3.17. The van der Waals surface area contributed by atoms with E-state index in [0.717, 1.165) is 0 Å². The molecule has 8 heteroatoms. The van der Waals surface area contributed by atoms with Crippen LogP contribution in [0.5, 0.6) is 0 Å². The molecule has 0 bridgehead atoms. The number of carbonyl (C=O) groups excluding carboxylic acids is 1. The van der Waals surface area contributed by atoms with Gasteiger partial charge in [-0.2, -0.15) is 0 Å². The molecule has 0 aliphatic carbocycles. The van der Waals surface area contributed by atoms with Crippen LogP contribution in [0, 0.1) is 5.92 Å².